The molecule has 282 valence electrons. The molecule has 2 heterocycles. The van der Waals surface area contributed by atoms with Crippen LogP contribution in [0.1, 0.15) is 70.9 Å². The molecule has 0 atom stereocenters. The van der Waals surface area contributed by atoms with E-state index >= 15 is 0 Å². The lowest BCUT2D eigenvalue weighted by Gasteiger charge is -2.24. The molecular weight excluding hydrogens is 942 g/mol. The van der Waals surface area contributed by atoms with Crippen molar-refractivity contribution in [3.8, 4) is 0 Å². The van der Waals surface area contributed by atoms with Gasteiger partial charge >= 0.3 is 5.97 Å². The highest BCUT2D eigenvalue weighted by Gasteiger charge is 2.46. The number of halogens is 2. The van der Waals surface area contributed by atoms with Crippen LogP contribution in [0.4, 0.5) is 11.4 Å². The normalized spacial score (nSPS) is 17.7. The summed E-state index contributed by atoms with van der Waals surface area (Å²) in [4.78, 5) is 12.0. The highest BCUT2D eigenvalue weighted by Crippen LogP contribution is 2.50. The van der Waals surface area contributed by atoms with Crippen LogP contribution in [-0.2, 0) is 35.9 Å². The van der Waals surface area contributed by atoms with Crippen LogP contribution in [0, 0.1) is 7.14 Å². The molecule has 10 nitrogen and oxygen atoms in total. The molecule has 0 aliphatic carbocycles. The van der Waals surface area contributed by atoms with Gasteiger partial charge in [0.2, 0.25) is 5.69 Å². The van der Waals surface area contributed by atoms with E-state index in [1.807, 2.05) is 50.3 Å². The van der Waals surface area contributed by atoms with E-state index in [0.29, 0.717) is 18.5 Å². The van der Waals surface area contributed by atoms with Crippen LogP contribution in [0.5, 0.6) is 0 Å². The van der Waals surface area contributed by atoms with Gasteiger partial charge < -0.3 is 10.0 Å². The van der Waals surface area contributed by atoms with E-state index in [9.17, 15) is 30.7 Å². The number of carboxylic acids is 1. The summed E-state index contributed by atoms with van der Waals surface area (Å²) in [6, 6.07) is 9.73. The Morgan fingerprint density at radius 3 is 2.13 bits per heavy atom. The number of benzene rings is 3. The zero-order valence-electron chi connectivity index (χ0n) is 30.1. The highest BCUT2D eigenvalue weighted by molar-refractivity contribution is 14.1. The number of carbonyl (C=O) groups is 1. The molecule has 0 unspecified atom stereocenters. The molecule has 5 rings (SSSR count). The van der Waals surface area contributed by atoms with Gasteiger partial charge in [-0.1, -0.05) is 50.6 Å². The summed E-state index contributed by atoms with van der Waals surface area (Å²) in [5.41, 5.74) is 5.06. The number of hydrogen-bond donors (Lipinski definition) is 3. The first-order chi connectivity index (χ1) is 24.7. The van der Waals surface area contributed by atoms with Gasteiger partial charge in [0.25, 0.3) is 20.2 Å². The first kappa shape index (κ1) is 41.3. The number of carboxylic acid groups (broad SMARTS) is 1. The number of unbranched alkanes of at least 4 members (excludes halogenated alkanes) is 3. The molecule has 3 aromatic carbocycles. The third kappa shape index (κ3) is 8.52. The molecule has 0 radical (unpaired) electrons. The van der Waals surface area contributed by atoms with Crippen molar-refractivity contribution in [2.45, 2.75) is 80.4 Å². The van der Waals surface area contributed by atoms with E-state index in [4.69, 9.17) is 5.11 Å². The molecular formula is C39H43I2N2O8S2+. The van der Waals surface area contributed by atoms with Crippen molar-refractivity contribution >= 4 is 99.2 Å². The summed E-state index contributed by atoms with van der Waals surface area (Å²) in [7, 11) is -7.58. The smallest absolute Gasteiger partial charge is 0.303 e. The molecule has 0 saturated heterocycles. The molecule has 0 amide bonds. The number of fused-ring (bicyclic) bond motifs is 4. The van der Waals surface area contributed by atoms with Crippen LogP contribution >= 0.6 is 45.2 Å². The number of anilines is 1. The van der Waals surface area contributed by atoms with Crippen molar-refractivity contribution < 1.29 is 40.4 Å². The predicted molar refractivity (Wildman–Crippen MR) is 226 cm³/mol. The summed E-state index contributed by atoms with van der Waals surface area (Å²) >= 11 is 4.77. The fourth-order valence-corrected chi connectivity index (χ4v) is 11.4. The lowest BCUT2D eigenvalue weighted by molar-refractivity contribution is -0.438. The Hall–Kier alpha value is -2.90. The van der Waals surface area contributed by atoms with Gasteiger partial charge in [-0.2, -0.15) is 21.4 Å². The third-order valence-electron chi connectivity index (χ3n) is 9.97. The van der Waals surface area contributed by atoms with Crippen LogP contribution in [0.25, 0.3) is 10.8 Å². The van der Waals surface area contributed by atoms with Crippen molar-refractivity contribution in [1.82, 2.24) is 0 Å². The average molecular weight is 986 g/mol. The number of nitrogens with zero attached hydrogens (tertiary/aromatic N) is 2. The van der Waals surface area contributed by atoms with Crippen LogP contribution in [0.2, 0.25) is 0 Å². The molecule has 0 fully saturated rings. The van der Waals surface area contributed by atoms with Gasteiger partial charge in [-0.25, -0.2) is 0 Å². The summed E-state index contributed by atoms with van der Waals surface area (Å²) in [6.45, 7) is 8.96. The first-order valence-electron chi connectivity index (χ1n) is 17.1. The van der Waals surface area contributed by atoms with Gasteiger partial charge in [-0.05, 0) is 114 Å². The molecule has 0 saturated carbocycles. The van der Waals surface area contributed by atoms with Crippen LogP contribution in [0.15, 0.2) is 94.4 Å². The topological polar surface area (TPSA) is 152 Å². The molecule has 2 aliphatic heterocycles. The molecule has 53 heavy (non-hydrogen) atoms. The van der Waals surface area contributed by atoms with Gasteiger partial charge in [0.15, 0.2) is 5.71 Å². The number of allylic oxidation sites excluding steroid dienone is 8. The molecule has 14 heteroatoms. The van der Waals surface area contributed by atoms with Gasteiger partial charge in [0, 0.05) is 72.5 Å². The average Bonchev–Trinajstić information content (AvgIpc) is 3.38. The Bertz CT molecular complexity index is 2370. The molecule has 3 N–H and O–H groups in total. The third-order valence-corrected chi connectivity index (χ3v) is 13.2. The van der Waals surface area contributed by atoms with Crippen molar-refractivity contribution in [3.63, 3.8) is 0 Å². The van der Waals surface area contributed by atoms with E-state index in [1.54, 1.807) is 6.07 Å². The monoisotopic (exact) mass is 985 g/mol. The highest BCUT2D eigenvalue weighted by atomic mass is 127. The fraction of sp³-hybridized carbons (Fsp3) is 0.333. The van der Waals surface area contributed by atoms with E-state index in [-0.39, 0.29) is 22.6 Å². The fourth-order valence-electron chi connectivity index (χ4n) is 7.57. The number of aliphatic carboxylic acids is 1. The second kappa shape index (κ2) is 15.7. The number of likely N-dealkylation sites (N-methyl/N-ethyl adjacent to an activating group) is 1. The van der Waals surface area contributed by atoms with E-state index in [0.717, 1.165) is 36.7 Å². The Labute approximate surface area is 338 Å². The molecule has 0 aromatic heterocycles. The van der Waals surface area contributed by atoms with Gasteiger partial charge in [-0.15, -0.1) is 0 Å². The summed E-state index contributed by atoms with van der Waals surface area (Å²) < 4.78 is 73.9. The zero-order valence-corrected chi connectivity index (χ0v) is 36.0. The minimum absolute atomic E-state index is 0.108. The number of hydrogen-bond acceptors (Lipinski definition) is 6. The lowest BCUT2D eigenvalue weighted by atomic mass is 9.79. The standard InChI is InChI=1S/C39H42I2N2O8S2/c1-38(2)33(42(5)31-22-25(40)21-29(41)37(31)38)15-11-7-6-8-12-16-34-39(3,4)36-28-23-26(52(46,47)48)24-32(53(49,50)51)27(28)18-19-30(36)43(34)20-14-10-9-13-17-35(44)45/h6-8,11-12,15-16,18-19,21-24H,9-10,13-14,17,20H2,1-5H3,(H2-,44,45,46,47,48,49,50,51)/p+1. The van der Waals surface area contributed by atoms with E-state index in [2.05, 4.69) is 93.8 Å². The van der Waals surface area contributed by atoms with Crippen molar-refractivity contribution in [2.75, 3.05) is 18.5 Å². The minimum Gasteiger partial charge on any atom is -0.481 e. The van der Waals surface area contributed by atoms with Crippen LogP contribution < -0.4 is 4.90 Å². The molecule has 0 bridgehead atoms. The summed E-state index contributed by atoms with van der Waals surface area (Å²) in [5.74, 6) is -0.828. The molecule has 3 aromatic rings. The molecule has 0 spiro atoms. The first-order valence-corrected chi connectivity index (χ1v) is 22.1. The van der Waals surface area contributed by atoms with Crippen LogP contribution in [0.3, 0.4) is 0 Å². The Balaban J connectivity index is 1.49. The largest absolute Gasteiger partial charge is 0.481 e. The van der Waals surface area contributed by atoms with Crippen LogP contribution in [-0.4, -0.2) is 60.9 Å². The van der Waals surface area contributed by atoms with Gasteiger partial charge in [0.05, 0.1) is 10.3 Å². The van der Waals surface area contributed by atoms with Crippen molar-refractivity contribution in [1.29, 1.82) is 0 Å². The quantitative estimate of drug-likeness (QED) is 0.0501. The van der Waals surface area contributed by atoms with Gasteiger partial charge in [0.1, 0.15) is 11.4 Å². The Morgan fingerprint density at radius 1 is 0.811 bits per heavy atom. The predicted octanol–water partition coefficient (Wildman–Crippen LogP) is 8.93. The molecule has 2 aliphatic rings. The zero-order chi connectivity index (χ0) is 39.1. The second-order valence-corrected chi connectivity index (χ2v) is 19.5. The Kier molecular flexibility index (Phi) is 12.2. The maximum Gasteiger partial charge on any atom is 0.303 e. The number of rotatable bonds is 13. The van der Waals surface area contributed by atoms with Crippen molar-refractivity contribution in [3.05, 3.63) is 103 Å². The SMILES string of the molecule is CN1\C(=C/C=C/C=C/C=C/C2=[N+](CCCCCCC(=O)O)c3ccc4c(S(=O)(=O)O)cc(S(=O)(=O)O)cc4c3C2(C)C)C(C)(C)c2c(I)cc(I)cc21. The maximum absolute atomic E-state index is 12.4. The van der Waals surface area contributed by atoms with Crippen molar-refractivity contribution in [2.24, 2.45) is 0 Å². The lowest BCUT2D eigenvalue weighted by Crippen LogP contribution is -2.28. The minimum atomic E-state index is -4.86. The Morgan fingerprint density at radius 2 is 1.47 bits per heavy atom. The maximum atomic E-state index is 12.4. The summed E-state index contributed by atoms with van der Waals surface area (Å²) in [5, 5.41) is 9.43. The second-order valence-electron chi connectivity index (χ2n) is 14.3. The summed E-state index contributed by atoms with van der Waals surface area (Å²) in [6.07, 6.45) is 16.8. The van der Waals surface area contributed by atoms with E-state index < -0.39 is 41.4 Å². The van der Waals surface area contributed by atoms with E-state index in [1.165, 1.54) is 36.2 Å². The van der Waals surface area contributed by atoms with Gasteiger partial charge in [-0.3, -0.25) is 13.9 Å².